The summed E-state index contributed by atoms with van der Waals surface area (Å²) in [6, 6.07) is 27.9. The van der Waals surface area contributed by atoms with E-state index in [9.17, 15) is 13.5 Å². The highest BCUT2D eigenvalue weighted by atomic mass is 32.2. The number of aliphatic hydroxyl groups is 1. The molecule has 0 saturated heterocycles. The molecule has 0 unspecified atom stereocenters. The number of ether oxygens (including phenoxy) is 2. The highest BCUT2D eigenvalue weighted by molar-refractivity contribution is 7.91. The Morgan fingerprint density at radius 1 is 0.786 bits per heavy atom. The van der Waals surface area contributed by atoms with Crippen LogP contribution in [0.2, 0.25) is 5.04 Å². The third-order valence-corrected chi connectivity index (χ3v) is 14.6. The van der Waals surface area contributed by atoms with Crippen molar-refractivity contribution in [1.29, 1.82) is 0 Å². The summed E-state index contributed by atoms with van der Waals surface area (Å²) >= 11 is 0. The molecule has 8 heteroatoms. The fourth-order valence-corrected chi connectivity index (χ4v) is 11.4. The number of benzene rings is 3. The molecule has 0 amide bonds. The summed E-state index contributed by atoms with van der Waals surface area (Å²) in [6.07, 6.45) is 1.49. The first-order chi connectivity index (χ1) is 20.0. The van der Waals surface area contributed by atoms with Gasteiger partial charge in [-0.15, -0.1) is 0 Å². The Morgan fingerprint density at radius 2 is 1.33 bits per heavy atom. The normalized spacial score (nSPS) is 14.0. The van der Waals surface area contributed by atoms with Gasteiger partial charge in [0.05, 0.1) is 29.5 Å². The Balaban J connectivity index is 1.69. The second kappa shape index (κ2) is 15.9. The van der Waals surface area contributed by atoms with E-state index in [1.165, 1.54) is 10.4 Å². The molecule has 1 N–H and O–H groups in total. The van der Waals surface area contributed by atoms with Crippen LogP contribution >= 0.6 is 0 Å². The average molecular weight is 613 g/mol. The molecule has 6 nitrogen and oxygen atoms in total. The molecule has 0 aliphatic rings. The Hall–Kier alpha value is -2.33. The first-order valence-corrected chi connectivity index (χ1v) is 18.4. The van der Waals surface area contributed by atoms with E-state index in [-0.39, 0.29) is 23.5 Å². The number of aryl methyl sites for hydroxylation is 1. The number of sulfone groups is 1. The van der Waals surface area contributed by atoms with Crippen LogP contribution in [0.15, 0.2) is 89.8 Å². The Morgan fingerprint density at radius 3 is 1.83 bits per heavy atom. The molecule has 3 rings (SSSR count). The van der Waals surface area contributed by atoms with Crippen molar-refractivity contribution in [2.75, 3.05) is 32.7 Å². The molecule has 0 bridgehead atoms. The van der Waals surface area contributed by atoms with Gasteiger partial charge in [-0.2, -0.15) is 0 Å². The van der Waals surface area contributed by atoms with Gasteiger partial charge in [0.2, 0.25) is 0 Å². The van der Waals surface area contributed by atoms with Crippen molar-refractivity contribution in [2.45, 2.75) is 75.5 Å². The molecule has 0 fully saturated rings. The van der Waals surface area contributed by atoms with Gasteiger partial charge in [0.1, 0.15) is 0 Å². The van der Waals surface area contributed by atoms with Crippen molar-refractivity contribution >= 4 is 28.5 Å². The third-order valence-electron chi connectivity index (χ3n) is 7.73. The lowest BCUT2D eigenvalue weighted by Crippen LogP contribution is -2.66. The van der Waals surface area contributed by atoms with Crippen molar-refractivity contribution < 1.29 is 27.4 Å². The SMILES string of the molecule is COCC[C@H](CCCS(=O)(=O)c1ccc(C)cc1)O[C@@H](CO)CCO[Si](c1ccccc1)(c1ccccc1)C(C)(C)C. The molecule has 0 saturated carbocycles. The van der Waals surface area contributed by atoms with E-state index in [0.29, 0.717) is 43.8 Å². The van der Waals surface area contributed by atoms with E-state index in [0.717, 1.165) is 5.56 Å². The minimum atomic E-state index is -3.38. The van der Waals surface area contributed by atoms with Crippen molar-refractivity contribution in [3.8, 4) is 0 Å². The summed E-state index contributed by atoms with van der Waals surface area (Å²) in [5, 5.41) is 12.5. The molecular weight excluding hydrogens is 565 g/mol. The lowest BCUT2D eigenvalue weighted by atomic mass is 10.1. The minimum absolute atomic E-state index is 0.0453. The predicted octanol–water partition coefficient (Wildman–Crippen LogP) is 5.30. The fourth-order valence-electron chi connectivity index (χ4n) is 5.47. The van der Waals surface area contributed by atoms with Crippen LogP contribution in [0.1, 0.15) is 52.0 Å². The third kappa shape index (κ3) is 9.08. The van der Waals surface area contributed by atoms with Gasteiger partial charge in [-0.1, -0.05) is 99.1 Å². The number of hydrogen-bond acceptors (Lipinski definition) is 6. The zero-order valence-corrected chi connectivity index (χ0v) is 27.6. The van der Waals surface area contributed by atoms with Crippen LogP contribution < -0.4 is 10.4 Å². The van der Waals surface area contributed by atoms with Crippen LogP contribution in [0.25, 0.3) is 0 Å². The van der Waals surface area contributed by atoms with Gasteiger partial charge in [-0.25, -0.2) is 8.42 Å². The van der Waals surface area contributed by atoms with Gasteiger partial charge in [0.15, 0.2) is 9.84 Å². The molecule has 0 aromatic heterocycles. The summed E-state index contributed by atoms with van der Waals surface area (Å²) in [4.78, 5) is 0.344. The van der Waals surface area contributed by atoms with Crippen LogP contribution in [-0.4, -0.2) is 66.7 Å². The van der Waals surface area contributed by atoms with Crippen LogP contribution in [0.4, 0.5) is 0 Å². The Labute approximate surface area is 254 Å². The molecule has 0 radical (unpaired) electrons. The quantitative estimate of drug-likeness (QED) is 0.209. The maximum Gasteiger partial charge on any atom is 0.261 e. The molecule has 0 aliphatic carbocycles. The topological polar surface area (TPSA) is 82.1 Å². The van der Waals surface area contributed by atoms with Crippen molar-refractivity contribution in [3.63, 3.8) is 0 Å². The predicted molar refractivity (Wildman–Crippen MR) is 173 cm³/mol. The van der Waals surface area contributed by atoms with E-state index in [4.69, 9.17) is 13.9 Å². The zero-order valence-electron chi connectivity index (χ0n) is 25.8. The summed E-state index contributed by atoms with van der Waals surface area (Å²) in [6.45, 7) is 9.43. The highest BCUT2D eigenvalue weighted by Gasteiger charge is 2.50. The largest absolute Gasteiger partial charge is 0.407 e. The monoisotopic (exact) mass is 612 g/mol. The van der Waals surface area contributed by atoms with Crippen molar-refractivity contribution in [1.82, 2.24) is 0 Å². The van der Waals surface area contributed by atoms with Gasteiger partial charge in [-0.05, 0) is 60.2 Å². The van der Waals surface area contributed by atoms with E-state index >= 15 is 0 Å². The first kappa shape index (κ1) is 34.2. The van der Waals surface area contributed by atoms with E-state index in [2.05, 4.69) is 69.3 Å². The highest BCUT2D eigenvalue weighted by Crippen LogP contribution is 2.37. The van der Waals surface area contributed by atoms with E-state index < -0.39 is 24.3 Å². The molecule has 42 heavy (non-hydrogen) atoms. The van der Waals surface area contributed by atoms with Gasteiger partial charge >= 0.3 is 0 Å². The number of aliphatic hydroxyl groups excluding tert-OH is 1. The second-order valence-electron chi connectivity index (χ2n) is 11.9. The van der Waals surface area contributed by atoms with Gasteiger partial charge in [0.25, 0.3) is 8.32 Å². The van der Waals surface area contributed by atoms with Gasteiger partial charge in [-0.3, -0.25) is 0 Å². The molecule has 3 aromatic rings. The Bertz CT molecular complexity index is 1250. The second-order valence-corrected chi connectivity index (χ2v) is 18.3. The molecule has 0 spiro atoms. The summed E-state index contributed by atoms with van der Waals surface area (Å²) in [5.41, 5.74) is 1.02. The average Bonchev–Trinajstić information content (AvgIpc) is 2.97. The lowest BCUT2D eigenvalue weighted by molar-refractivity contribution is -0.0603. The van der Waals surface area contributed by atoms with Crippen LogP contribution in [-0.2, 0) is 23.7 Å². The smallest absolute Gasteiger partial charge is 0.261 e. The van der Waals surface area contributed by atoms with Crippen LogP contribution in [0.3, 0.4) is 0 Å². The number of methoxy groups -OCH3 is 1. The molecular formula is C34H48O6SSi. The van der Waals surface area contributed by atoms with Crippen molar-refractivity contribution in [2.24, 2.45) is 0 Å². The number of rotatable bonds is 17. The summed E-state index contributed by atoms with van der Waals surface area (Å²) < 4.78 is 44.3. The molecule has 230 valence electrons. The van der Waals surface area contributed by atoms with Gasteiger partial charge < -0.3 is 19.0 Å². The number of hydrogen-bond donors (Lipinski definition) is 1. The molecule has 0 aliphatic heterocycles. The zero-order chi connectivity index (χ0) is 30.6. The summed E-state index contributed by atoms with van der Waals surface area (Å²) in [7, 11) is -4.43. The summed E-state index contributed by atoms with van der Waals surface area (Å²) in [5.74, 6) is 0.0453. The standard InChI is InChI=1S/C34H48O6SSi/c1-28-18-20-31(21-19-28)41(36,37)26-12-13-29(22-24-38-5)40-30(27-35)23-25-39-42(34(2,3)4,32-14-8-6-9-15-32)33-16-10-7-11-17-33/h6-11,14-21,29-30,35H,12-13,22-27H2,1-5H3/t29-,30+/m0/s1. The van der Waals surface area contributed by atoms with Crippen LogP contribution in [0.5, 0.6) is 0 Å². The van der Waals surface area contributed by atoms with E-state index in [1.54, 1.807) is 19.2 Å². The lowest BCUT2D eigenvalue weighted by Gasteiger charge is -2.43. The fraction of sp³-hybridized carbons (Fsp3) is 0.471. The Kier molecular flexibility index (Phi) is 13.0. The maximum absolute atomic E-state index is 12.8. The molecule has 3 aromatic carbocycles. The van der Waals surface area contributed by atoms with E-state index in [1.807, 2.05) is 31.2 Å². The van der Waals surface area contributed by atoms with Crippen LogP contribution in [0, 0.1) is 6.92 Å². The van der Waals surface area contributed by atoms with Gasteiger partial charge in [0, 0.05) is 20.3 Å². The first-order valence-electron chi connectivity index (χ1n) is 14.8. The molecule has 0 heterocycles. The van der Waals surface area contributed by atoms with Crippen molar-refractivity contribution in [3.05, 3.63) is 90.5 Å². The minimum Gasteiger partial charge on any atom is -0.407 e. The maximum atomic E-state index is 12.8. The molecule has 2 atom stereocenters.